The molecule has 0 unspecified atom stereocenters. The minimum absolute atomic E-state index is 0.103. The van der Waals surface area contributed by atoms with Crippen molar-refractivity contribution in [1.29, 1.82) is 0 Å². The molecule has 0 saturated heterocycles. The second-order valence-electron chi connectivity index (χ2n) is 4.65. The van der Waals surface area contributed by atoms with Gasteiger partial charge in [0.2, 0.25) is 0 Å². The van der Waals surface area contributed by atoms with Gasteiger partial charge in [0, 0.05) is 0 Å². The zero-order valence-corrected chi connectivity index (χ0v) is 11.8. The molecule has 2 aromatic heterocycles. The number of fused-ring (bicyclic) bond motifs is 2. The van der Waals surface area contributed by atoms with Crippen LogP contribution < -0.4 is 9.68 Å². The highest BCUT2D eigenvalue weighted by molar-refractivity contribution is 5.81. The van der Waals surface area contributed by atoms with Crippen molar-refractivity contribution in [3.05, 3.63) is 36.4 Å². The van der Waals surface area contributed by atoms with Gasteiger partial charge in [-0.05, 0) is 34.7 Å². The average Bonchev–Trinajstić information content (AvgIpc) is 3.15. The highest BCUT2D eigenvalue weighted by atomic mass is 16.9. The summed E-state index contributed by atoms with van der Waals surface area (Å²) in [6.07, 6.45) is -1.17. The lowest BCUT2D eigenvalue weighted by Crippen LogP contribution is -2.30. The Morgan fingerprint density at radius 2 is 1.29 bits per heavy atom. The van der Waals surface area contributed by atoms with E-state index in [-0.39, 0.29) is 33.6 Å². The van der Waals surface area contributed by atoms with E-state index < -0.39 is 6.16 Å². The standard InChI is InChI=1S/C13H8N6O5/c20-9-5-1-3-7-11(9)14-16-18(7)23-13(22)24-19-8-4-2-6-10(21)12(8)15-17-19/h1-6,20-21H. The summed E-state index contributed by atoms with van der Waals surface area (Å²) in [5, 5.41) is 33.9. The summed E-state index contributed by atoms with van der Waals surface area (Å²) in [5.41, 5.74) is 0.879. The van der Waals surface area contributed by atoms with Gasteiger partial charge in [0.05, 0.1) is 0 Å². The Kier molecular flexibility index (Phi) is 2.91. The molecule has 4 rings (SSSR count). The number of carbonyl (C=O) groups excluding carboxylic acids is 1. The van der Waals surface area contributed by atoms with Crippen LogP contribution >= 0.6 is 0 Å². The van der Waals surface area contributed by atoms with Crippen LogP contribution in [0.4, 0.5) is 4.79 Å². The van der Waals surface area contributed by atoms with Gasteiger partial charge in [-0.3, -0.25) is 9.68 Å². The van der Waals surface area contributed by atoms with Gasteiger partial charge in [-0.25, -0.2) is 0 Å². The lowest BCUT2D eigenvalue weighted by molar-refractivity contribution is 0.0261. The first-order valence-electron chi connectivity index (χ1n) is 6.61. The van der Waals surface area contributed by atoms with Crippen LogP contribution in [0.1, 0.15) is 0 Å². The van der Waals surface area contributed by atoms with Crippen molar-refractivity contribution >= 4 is 28.2 Å². The fourth-order valence-corrected chi connectivity index (χ4v) is 2.11. The number of benzene rings is 2. The monoisotopic (exact) mass is 328 g/mol. The van der Waals surface area contributed by atoms with E-state index in [9.17, 15) is 15.0 Å². The number of phenols is 2. The van der Waals surface area contributed by atoms with Crippen molar-refractivity contribution in [1.82, 2.24) is 30.3 Å². The summed E-state index contributed by atoms with van der Waals surface area (Å²) < 4.78 is 0. The second-order valence-corrected chi connectivity index (χ2v) is 4.65. The Labute approximate surface area is 132 Å². The van der Waals surface area contributed by atoms with Crippen molar-refractivity contribution in [2.24, 2.45) is 0 Å². The Bertz CT molecular complexity index is 987. The summed E-state index contributed by atoms with van der Waals surface area (Å²) in [7, 11) is 0. The SMILES string of the molecule is O=C(On1nnc2c(O)cccc21)On1nnc2c(O)cccc21. The minimum atomic E-state index is -1.17. The van der Waals surface area contributed by atoms with Gasteiger partial charge in [-0.15, -0.1) is 10.2 Å². The van der Waals surface area contributed by atoms with Gasteiger partial charge in [-0.1, -0.05) is 21.8 Å². The number of rotatable bonds is 2. The third kappa shape index (κ3) is 2.11. The van der Waals surface area contributed by atoms with Crippen LogP contribution in [-0.4, -0.2) is 46.7 Å². The molecule has 120 valence electrons. The third-order valence-corrected chi connectivity index (χ3v) is 3.17. The molecular formula is C13H8N6O5. The van der Waals surface area contributed by atoms with Crippen LogP contribution in [0.2, 0.25) is 0 Å². The third-order valence-electron chi connectivity index (χ3n) is 3.17. The molecule has 0 fully saturated rings. The van der Waals surface area contributed by atoms with E-state index in [1.54, 1.807) is 24.3 Å². The zero-order valence-electron chi connectivity index (χ0n) is 11.8. The molecule has 0 amide bonds. The molecular weight excluding hydrogens is 320 g/mol. The highest BCUT2D eigenvalue weighted by Gasteiger charge is 2.17. The van der Waals surface area contributed by atoms with Crippen molar-refractivity contribution < 1.29 is 24.7 Å². The van der Waals surface area contributed by atoms with E-state index in [1.807, 2.05) is 0 Å². The molecule has 0 aliphatic carbocycles. The van der Waals surface area contributed by atoms with Crippen molar-refractivity contribution in [3.63, 3.8) is 0 Å². The maximum absolute atomic E-state index is 11.9. The number of nitrogens with zero attached hydrogens (tertiary/aromatic N) is 6. The van der Waals surface area contributed by atoms with Gasteiger partial charge in [0.15, 0.2) is 11.0 Å². The van der Waals surface area contributed by atoms with Crippen LogP contribution in [0, 0.1) is 0 Å². The van der Waals surface area contributed by atoms with E-state index in [1.165, 1.54) is 12.1 Å². The summed E-state index contributed by atoms with van der Waals surface area (Å²) in [6.45, 7) is 0. The lowest BCUT2D eigenvalue weighted by Gasteiger charge is -2.04. The molecule has 0 saturated carbocycles. The van der Waals surface area contributed by atoms with Crippen LogP contribution in [0.3, 0.4) is 0 Å². The maximum Gasteiger partial charge on any atom is 0.562 e. The summed E-state index contributed by atoms with van der Waals surface area (Å²) in [5.74, 6) is -0.207. The first-order valence-corrected chi connectivity index (χ1v) is 6.61. The molecule has 11 heteroatoms. The second kappa shape index (κ2) is 5.08. The summed E-state index contributed by atoms with van der Waals surface area (Å²) in [4.78, 5) is 23.3. The largest absolute Gasteiger partial charge is 0.562 e. The van der Waals surface area contributed by atoms with Crippen LogP contribution in [0.5, 0.6) is 11.5 Å². The predicted molar refractivity (Wildman–Crippen MR) is 76.9 cm³/mol. The minimum Gasteiger partial charge on any atom is -0.506 e. The molecule has 0 bridgehead atoms. The fourth-order valence-electron chi connectivity index (χ4n) is 2.11. The lowest BCUT2D eigenvalue weighted by atomic mass is 10.3. The first-order chi connectivity index (χ1) is 11.6. The van der Waals surface area contributed by atoms with Gasteiger partial charge in [0.1, 0.15) is 22.5 Å². The van der Waals surface area contributed by atoms with Gasteiger partial charge in [0.25, 0.3) is 0 Å². The number of aromatic hydroxyl groups is 2. The molecule has 0 aliphatic heterocycles. The first kappa shape index (κ1) is 13.8. The van der Waals surface area contributed by atoms with E-state index in [0.717, 1.165) is 9.69 Å². The van der Waals surface area contributed by atoms with E-state index >= 15 is 0 Å². The Morgan fingerprint density at radius 1 is 0.833 bits per heavy atom. The normalized spacial score (nSPS) is 11.0. The van der Waals surface area contributed by atoms with Crippen molar-refractivity contribution in [3.8, 4) is 11.5 Å². The summed E-state index contributed by atoms with van der Waals surface area (Å²) >= 11 is 0. The van der Waals surface area contributed by atoms with Gasteiger partial charge >= 0.3 is 6.16 Å². The predicted octanol–water partition coefficient (Wildman–Crippen LogP) is 0.265. The van der Waals surface area contributed by atoms with Crippen molar-refractivity contribution in [2.45, 2.75) is 0 Å². The fraction of sp³-hybridized carbons (Fsp3) is 0. The van der Waals surface area contributed by atoms with E-state index in [0.29, 0.717) is 0 Å². The number of hydrogen-bond acceptors (Lipinski definition) is 9. The van der Waals surface area contributed by atoms with Gasteiger partial charge in [-0.2, -0.15) is 4.79 Å². The topological polar surface area (TPSA) is 137 Å². The highest BCUT2D eigenvalue weighted by Crippen LogP contribution is 2.21. The molecule has 2 aromatic carbocycles. The van der Waals surface area contributed by atoms with E-state index in [4.69, 9.17) is 9.68 Å². The average molecular weight is 328 g/mol. The quantitative estimate of drug-likeness (QED) is 0.496. The molecule has 4 aromatic rings. The molecule has 2 heterocycles. The Balaban J connectivity index is 1.60. The molecule has 11 nitrogen and oxygen atoms in total. The Hall–Kier alpha value is -3.89. The van der Waals surface area contributed by atoms with E-state index in [2.05, 4.69) is 20.6 Å². The van der Waals surface area contributed by atoms with Crippen LogP contribution in [0.15, 0.2) is 36.4 Å². The van der Waals surface area contributed by atoms with Crippen molar-refractivity contribution in [2.75, 3.05) is 0 Å². The number of aromatic nitrogens is 6. The van der Waals surface area contributed by atoms with Gasteiger partial charge < -0.3 is 10.2 Å². The molecule has 0 radical (unpaired) electrons. The molecule has 0 spiro atoms. The summed E-state index contributed by atoms with van der Waals surface area (Å²) in [6, 6.07) is 9.03. The van der Waals surface area contributed by atoms with Crippen LogP contribution in [0.25, 0.3) is 22.1 Å². The molecule has 0 aliphatic rings. The zero-order chi connectivity index (χ0) is 16.7. The number of hydrogen-bond donors (Lipinski definition) is 2. The molecule has 24 heavy (non-hydrogen) atoms. The van der Waals surface area contributed by atoms with Crippen LogP contribution in [-0.2, 0) is 0 Å². The molecule has 0 atom stereocenters. The smallest absolute Gasteiger partial charge is 0.506 e. The maximum atomic E-state index is 11.9. The Morgan fingerprint density at radius 3 is 1.75 bits per heavy atom. The number of carbonyl (C=O) groups is 1. The molecule has 2 N–H and O–H groups in total. The number of phenolic OH excluding ortho intramolecular Hbond substituents is 2.